The average molecular weight is 469 g/mol. The van der Waals surface area contributed by atoms with Gasteiger partial charge in [-0.15, -0.1) is 6.42 Å². The Morgan fingerprint density at radius 3 is 1.94 bits per heavy atom. The molecule has 0 saturated carbocycles. The van der Waals surface area contributed by atoms with E-state index >= 15 is 0 Å². The second-order valence-corrected chi connectivity index (χ2v) is 8.29. The number of para-hydroxylation sites is 1. The van der Waals surface area contributed by atoms with Crippen LogP contribution in [0.4, 0.5) is 5.69 Å². The molecule has 0 spiro atoms. The summed E-state index contributed by atoms with van der Waals surface area (Å²) in [7, 11) is 0. The van der Waals surface area contributed by atoms with Crippen LogP contribution in [-0.2, 0) is 0 Å². The number of nitrogens with zero attached hydrogens (tertiary/aromatic N) is 2. The van der Waals surface area contributed by atoms with Gasteiger partial charge in [0.15, 0.2) is 0 Å². The topological polar surface area (TPSA) is 6.48 Å². The van der Waals surface area contributed by atoms with Gasteiger partial charge in [0.2, 0.25) is 0 Å². The third-order valence-electron chi connectivity index (χ3n) is 4.07. The van der Waals surface area contributed by atoms with Gasteiger partial charge in [-0.2, -0.15) is 0 Å². The van der Waals surface area contributed by atoms with E-state index in [-0.39, 0.29) is 0 Å². The van der Waals surface area contributed by atoms with Crippen LogP contribution in [0, 0.1) is 18.3 Å². The van der Waals surface area contributed by atoms with Crippen molar-refractivity contribution < 1.29 is 0 Å². The summed E-state index contributed by atoms with van der Waals surface area (Å²) >= 11 is 0. The fraction of sp³-hybridized carbons (Fsp3) is 0.562. The normalized spacial score (nSPS) is 12.1. The minimum Gasteiger partial charge on any atom is -0.332 e. The van der Waals surface area contributed by atoms with Gasteiger partial charge < -0.3 is 9.80 Å². The Balaban J connectivity index is -0.000000834. The van der Waals surface area contributed by atoms with E-state index in [9.17, 15) is 0 Å². The first-order valence-electron chi connectivity index (χ1n) is 13.5. The van der Waals surface area contributed by atoms with Crippen LogP contribution >= 0.6 is 0 Å². The van der Waals surface area contributed by atoms with Gasteiger partial charge in [-0.1, -0.05) is 126 Å². The summed E-state index contributed by atoms with van der Waals surface area (Å²) in [4.78, 5) is 4.62. The Kier molecular flexibility index (Phi) is 26.8. The van der Waals surface area contributed by atoms with Gasteiger partial charge in [0.25, 0.3) is 0 Å². The first kappa shape index (κ1) is 36.2. The molecule has 0 fully saturated rings. The maximum absolute atomic E-state index is 5.31. The molecule has 0 atom stereocenters. The Morgan fingerprint density at radius 2 is 1.47 bits per heavy atom. The summed E-state index contributed by atoms with van der Waals surface area (Å²) in [6.07, 6.45) is 19.0. The molecule has 1 aromatic rings. The molecule has 194 valence electrons. The largest absolute Gasteiger partial charge is 0.332 e. The number of hydrogen-bond donors (Lipinski definition) is 0. The van der Waals surface area contributed by atoms with Gasteiger partial charge in [-0.05, 0) is 42.0 Å². The third-order valence-corrected chi connectivity index (χ3v) is 4.07. The molecule has 0 aliphatic carbocycles. The molecule has 0 N–H and O–H groups in total. The number of benzene rings is 1. The molecular weight excluding hydrogens is 412 g/mol. The fourth-order valence-corrected chi connectivity index (χ4v) is 2.91. The van der Waals surface area contributed by atoms with Crippen molar-refractivity contribution in [1.82, 2.24) is 4.90 Å². The first-order valence-corrected chi connectivity index (χ1v) is 13.5. The summed E-state index contributed by atoms with van der Waals surface area (Å²) < 4.78 is 0. The van der Waals surface area contributed by atoms with E-state index in [1.54, 1.807) is 6.08 Å². The molecule has 0 bridgehead atoms. The van der Waals surface area contributed by atoms with Crippen LogP contribution in [-0.4, -0.2) is 11.6 Å². The molecule has 1 aliphatic rings. The lowest BCUT2D eigenvalue weighted by Gasteiger charge is -2.26. The number of anilines is 1. The molecular formula is C32H56N2. The molecule has 1 aromatic carbocycles. The third kappa shape index (κ3) is 16.2. The lowest BCUT2D eigenvalue weighted by atomic mass is 10.0. The smallest absolute Gasteiger partial charge is 0.0986 e. The zero-order chi connectivity index (χ0) is 26.9. The first-order chi connectivity index (χ1) is 16.4. The summed E-state index contributed by atoms with van der Waals surface area (Å²) in [6, 6.07) is 8.65. The van der Waals surface area contributed by atoms with Gasteiger partial charge in [-0.3, -0.25) is 0 Å². The summed E-state index contributed by atoms with van der Waals surface area (Å²) in [5.74, 6) is 3.65. The molecule has 2 heteroatoms. The summed E-state index contributed by atoms with van der Waals surface area (Å²) in [5.41, 5.74) is 3.96. The quantitative estimate of drug-likeness (QED) is 0.302. The highest BCUT2D eigenvalue weighted by Crippen LogP contribution is 2.31. The lowest BCUT2D eigenvalue weighted by molar-refractivity contribution is 0.448. The molecule has 2 rings (SSSR count). The molecule has 0 radical (unpaired) electrons. The van der Waals surface area contributed by atoms with Crippen molar-refractivity contribution in [1.29, 1.82) is 0 Å². The number of hydrogen-bond acceptors (Lipinski definition) is 2. The van der Waals surface area contributed by atoms with Gasteiger partial charge in [-0.25, -0.2) is 0 Å². The number of terminal acetylenes is 1. The second-order valence-electron chi connectivity index (χ2n) is 8.29. The highest BCUT2D eigenvalue weighted by Gasteiger charge is 2.20. The summed E-state index contributed by atoms with van der Waals surface area (Å²) in [6.45, 7) is 26.3. The van der Waals surface area contributed by atoms with Crippen LogP contribution in [0.25, 0.3) is 0 Å². The maximum Gasteiger partial charge on any atom is 0.0986 e. The Hall–Kier alpha value is -2.40. The van der Waals surface area contributed by atoms with Crippen molar-refractivity contribution in [3.05, 3.63) is 66.2 Å². The Labute approximate surface area is 214 Å². The van der Waals surface area contributed by atoms with Crippen LogP contribution in [0.2, 0.25) is 0 Å². The van der Waals surface area contributed by atoms with Gasteiger partial charge in [0.05, 0.1) is 6.67 Å². The van der Waals surface area contributed by atoms with Gasteiger partial charge in [0.1, 0.15) is 0 Å². The lowest BCUT2D eigenvalue weighted by Crippen LogP contribution is -2.26. The zero-order valence-electron chi connectivity index (χ0n) is 24.7. The standard InChI is InChI=1S/C22H28N2.2C3H8.2C2H6/c1-6-7-8-11-20(16-18(2)3)23-14-15-24(17-23)22-13-10-9-12-21(22)19(4)5;2*1-3-2;2*1-2/h1,7-15,18-19H,16-17H2,2-5H3;2*3H2,1-2H3;2*1-2H3/b8-7-,20-11+;;;;. The molecule has 1 heterocycles. The molecule has 34 heavy (non-hydrogen) atoms. The predicted octanol–water partition coefficient (Wildman–Crippen LogP) is 10.4. The highest BCUT2D eigenvalue weighted by molar-refractivity contribution is 5.58. The SMILES string of the molecule is C#C/C=C\C=C(/CC(C)C)N1C=CN(c2ccccc2C(C)C)C1.CC.CC.CCC.CCC. The zero-order valence-corrected chi connectivity index (χ0v) is 24.7. The van der Waals surface area contributed by atoms with Gasteiger partial charge in [0, 0.05) is 23.8 Å². The van der Waals surface area contributed by atoms with Crippen LogP contribution in [0.5, 0.6) is 0 Å². The van der Waals surface area contributed by atoms with Crippen LogP contribution in [0.1, 0.15) is 114 Å². The van der Waals surface area contributed by atoms with Crippen molar-refractivity contribution in [3.8, 4) is 12.3 Å². The molecule has 1 aliphatic heterocycles. The summed E-state index contributed by atoms with van der Waals surface area (Å²) in [5, 5.41) is 0. The minimum atomic E-state index is 0.507. The van der Waals surface area contributed by atoms with Crippen LogP contribution in [0.3, 0.4) is 0 Å². The average Bonchev–Trinajstić information content (AvgIpc) is 3.32. The second kappa shape index (κ2) is 25.2. The van der Waals surface area contributed by atoms with Crippen molar-refractivity contribution >= 4 is 5.69 Å². The molecule has 0 amide bonds. The molecule has 0 aromatic heterocycles. The van der Waals surface area contributed by atoms with E-state index in [1.165, 1.54) is 29.8 Å². The van der Waals surface area contributed by atoms with E-state index in [1.807, 2.05) is 33.8 Å². The predicted molar refractivity (Wildman–Crippen MR) is 159 cm³/mol. The molecule has 0 saturated heterocycles. The van der Waals surface area contributed by atoms with E-state index in [2.05, 4.69) is 114 Å². The van der Waals surface area contributed by atoms with E-state index in [0.29, 0.717) is 11.8 Å². The van der Waals surface area contributed by atoms with Gasteiger partial charge >= 0.3 is 0 Å². The fourth-order valence-electron chi connectivity index (χ4n) is 2.91. The molecule has 2 nitrogen and oxygen atoms in total. The maximum atomic E-state index is 5.31. The number of rotatable bonds is 6. The monoisotopic (exact) mass is 468 g/mol. The van der Waals surface area contributed by atoms with Crippen LogP contribution < -0.4 is 4.90 Å². The van der Waals surface area contributed by atoms with E-state index in [0.717, 1.165) is 13.1 Å². The molecule has 0 unspecified atom stereocenters. The number of allylic oxidation sites excluding steroid dienone is 4. The Bertz CT molecular complexity index is 700. The van der Waals surface area contributed by atoms with Crippen molar-refractivity contribution in [2.45, 2.75) is 108 Å². The van der Waals surface area contributed by atoms with Crippen molar-refractivity contribution in [2.75, 3.05) is 11.6 Å². The highest BCUT2D eigenvalue weighted by atomic mass is 15.3. The minimum absolute atomic E-state index is 0.507. The van der Waals surface area contributed by atoms with E-state index < -0.39 is 0 Å². The van der Waals surface area contributed by atoms with E-state index in [4.69, 9.17) is 6.42 Å². The Morgan fingerprint density at radius 1 is 0.941 bits per heavy atom. The van der Waals surface area contributed by atoms with Crippen molar-refractivity contribution in [2.24, 2.45) is 5.92 Å². The van der Waals surface area contributed by atoms with Crippen LogP contribution in [0.15, 0.2) is 60.6 Å². The van der Waals surface area contributed by atoms with Crippen molar-refractivity contribution in [3.63, 3.8) is 0 Å².